The Morgan fingerprint density at radius 2 is 2.08 bits per heavy atom. The molecule has 0 aromatic carbocycles. The Morgan fingerprint density at radius 1 is 1.58 bits per heavy atom. The predicted octanol–water partition coefficient (Wildman–Crippen LogP) is -2.72. The van der Waals surface area contributed by atoms with Gasteiger partial charge in [0.05, 0.1) is 6.10 Å². The molecule has 0 aliphatic heterocycles. The van der Waals surface area contributed by atoms with E-state index in [1.54, 1.807) is 0 Å². The molecule has 12 heavy (non-hydrogen) atoms. The van der Waals surface area contributed by atoms with E-state index in [2.05, 4.69) is 13.2 Å². The Bertz CT molecular complexity index is 276. The molecule has 0 bridgehead atoms. The molecule has 0 rings (SSSR count). The van der Waals surface area contributed by atoms with Gasteiger partial charge in [-0.25, -0.2) is 0 Å². The quantitative estimate of drug-likeness (QED) is 0.239. The Balaban J connectivity index is -0.000000500. The van der Waals surface area contributed by atoms with Crippen molar-refractivity contribution in [3.63, 3.8) is 0 Å². The van der Waals surface area contributed by atoms with Crippen LogP contribution in [0.25, 0.3) is 0 Å². The minimum absolute atomic E-state index is 0. The van der Waals surface area contributed by atoms with Crippen LogP contribution < -0.4 is 51.4 Å². The summed E-state index contributed by atoms with van der Waals surface area (Å²) in [6.07, 6.45) is 1.77. The molecule has 1 unspecified atom stereocenters. The van der Waals surface area contributed by atoms with Gasteiger partial charge in [-0.3, -0.25) is 0 Å². The van der Waals surface area contributed by atoms with Gasteiger partial charge in [-0.15, -0.1) is 6.58 Å². The smallest absolute Gasteiger partial charge is 1.00 e. The molecule has 0 spiro atoms. The van der Waals surface area contributed by atoms with Crippen molar-refractivity contribution < 1.29 is 66.3 Å². The topological polar surface area (TPSA) is 54.4 Å². The van der Waals surface area contributed by atoms with Crippen molar-refractivity contribution in [2.24, 2.45) is 0 Å². The van der Waals surface area contributed by atoms with Crippen molar-refractivity contribution in [3.8, 4) is 0 Å². The van der Waals surface area contributed by atoms with Gasteiger partial charge in [0.15, 0.2) is 0 Å². The average Bonchev–Trinajstić information content (AvgIpc) is 1.88. The Morgan fingerprint density at radius 3 is 2.33 bits per heavy atom. The third-order valence-corrected chi connectivity index (χ3v) is 1.94. The zero-order valence-corrected chi connectivity index (χ0v) is 11.0. The summed E-state index contributed by atoms with van der Waals surface area (Å²) in [5.41, 5.74) is 0. The minimum atomic E-state index is -2.38. The molecule has 1 atom stereocenters. The van der Waals surface area contributed by atoms with E-state index in [0.717, 1.165) is 6.08 Å². The fourth-order valence-electron chi connectivity index (χ4n) is 0.589. The van der Waals surface area contributed by atoms with E-state index >= 15 is 0 Å². The molecular formula is C7H11KO3S. The molecule has 64 valence electrons. The van der Waals surface area contributed by atoms with Gasteiger partial charge in [0.1, 0.15) is 4.86 Å². The van der Waals surface area contributed by atoms with Crippen LogP contribution in [0, 0.1) is 0 Å². The van der Waals surface area contributed by atoms with Gasteiger partial charge in [-0.2, -0.15) is 8.42 Å². The summed E-state index contributed by atoms with van der Waals surface area (Å²) in [6.45, 7) is 6.63. The Hall–Kier alpha value is 0.766. The number of aliphatic hydroxyl groups excluding tert-OH is 1. The van der Waals surface area contributed by atoms with E-state index < -0.39 is 16.4 Å². The van der Waals surface area contributed by atoms with Gasteiger partial charge in [0.25, 0.3) is 0 Å². The third kappa shape index (κ3) is 5.42. The van der Waals surface area contributed by atoms with Crippen LogP contribution in [-0.4, -0.2) is 24.5 Å². The monoisotopic (exact) mass is 214 g/mol. The molecular weight excluding hydrogens is 203 g/mol. The molecule has 0 fully saturated rings. The van der Waals surface area contributed by atoms with E-state index in [4.69, 9.17) is 5.11 Å². The van der Waals surface area contributed by atoms with Gasteiger partial charge >= 0.3 is 51.4 Å². The molecule has 3 nitrogen and oxygen atoms in total. The van der Waals surface area contributed by atoms with Gasteiger partial charge in [0.2, 0.25) is 10.3 Å². The first-order valence-corrected chi connectivity index (χ1v) is 4.08. The Kier molecular flexibility index (Phi) is 10.6. The van der Waals surface area contributed by atoms with E-state index in [1.807, 2.05) is 0 Å². The molecule has 0 aromatic rings. The summed E-state index contributed by atoms with van der Waals surface area (Å²) >= 11 is 0. The second-order valence-electron chi connectivity index (χ2n) is 1.88. The minimum Gasteiger partial charge on any atom is -1.00 e. The first kappa shape index (κ1) is 15.2. The van der Waals surface area contributed by atoms with Crippen LogP contribution in [-0.2, 0) is 10.3 Å². The summed E-state index contributed by atoms with van der Waals surface area (Å²) in [5, 5.41) is 9.11. The van der Waals surface area contributed by atoms with Crippen molar-refractivity contribution in [2.75, 3.05) is 0 Å². The van der Waals surface area contributed by atoms with Crippen LogP contribution in [0.3, 0.4) is 0 Å². The number of hydrogen-bond acceptors (Lipinski definition) is 3. The predicted molar refractivity (Wildman–Crippen MR) is 46.1 cm³/mol. The van der Waals surface area contributed by atoms with Gasteiger partial charge in [-0.05, 0) is 12.5 Å². The van der Waals surface area contributed by atoms with Crippen molar-refractivity contribution >= 4 is 15.2 Å². The summed E-state index contributed by atoms with van der Waals surface area (Å²) in [7, 11) is -2.38. The van der Waals surface area contributed by atoms with Crippen LogP contribution in [0.2, 0.25) is 0 Å². The maximum absolute atomic E-state index is 10.3. The van der Waals surface area contributed by atoms with Crippen LogP contribution in [0.15, 0.2) is 25.3 Å². The molecule has 5 heteroatoms. The molecule has 0 aromatic heterocycles. The Labute approximate surface area is 118 Å². The fourth-order valence-corrected chi connectivity index (χ4v) is 1.04. The normalized spacial score (nSPS) is 10.8. The van der Waals surface area contributed by atoms with Gasteiger partial charge < -0.3 is 6.53 Å². The van der Waals surface area contributed by atoms with E-state index in [1.165, 1.54) is 6.08 Å². The summed E-state index contributed by atoms with van der Waals surface area (Å²) in [6, 6.07) is 0. The molecule has 0 amide bonds. The molecule has 0 aliphatic rings. The van der Waals surface area contributed by atoms with Crippen LogP contribution in [0.4, 0.5) is 0 Å². The van der Waals surface area contributed by atoms with Crippen molar-refractivity contribution in [2.45, 2.75) is 12.5 Å². The third-order valence-electron chi connectivity index (χ3n) is 1.11. The first-order valence-electron chi connectivity index (χ1n) is 3.01. The number of aliphatic hydroxyl groups is 1. The number of rotatable bonds is 4. The van der Waals surface area contributed by atoms with Crippen LogP contribution in [0.5, 0.6) is 0 Å². The standard InChI is InChI=1S/C7H10O3S.K.H/c1-3-5-6(8)7(4-2)11(9)10;;/h3-4,6,8H,1-2,5H2;;/q;+1;-1. The molecule has 0 saturated carbocycles. The van der Waals surface area contributed by atoms with Gasteiger partial charge in [0, 0.05) is 0 Å². The molecule has 0 saturated heterocycles. The molecule has 0 radical (unpaired) electrons. The number of hydrogen-bond donors (Lipinski definition) is 1. The van der Waals surface area contributed by atoms with Crippen molar-refractivity contribution in [1.82, 2.24) is 0 Å². The molecule has 0 heterocycles. The zero-order chi connectivity index (χ0) is 8.85. The summed E-state index contributed by atoms with van der Waals surface area (Å²) in [4.78, 5) is -0.0927. The van der Waals surface area contributed by atoms with E-state index in [9.17, 15) is 8.42 Å². The summed E-state index contributed by atoms with van der Waals surface area (Å²) < 4.78 is 20.7. The van der Waals surface area contributed by atoms with Gasteiger partial charge in [-0.1, -0.05) is 12.7 Å². The fraction of sp³-hybridized carbons (Fsp3) is 0.286. The molecule has 0 aliphatic carbocycles. The largest absolute Gasteiger partial charge is 1.00 e. The first-order chi connectivity index (χ1) is 5.13. The SMILES string of the molecule is C=CCC(O)C(C=C)=S(=O)=O.[H-].[K+]. The average molecular weight is 214 g/mol. The van der Waals surface area contributed by atoms with Crippen molar-refractivity contribution in [3.05, 3.63) is 25.3 Å². The maximum Gasteiger partial charge on any atom is 1.00 e. The second-order valence-corrected chi connectivity index (χ2v) is 2.82. The van der Waals surface area contributed by atoms with E-state index in [-0.39, 0.29) is 64.1 Å². The van der Waals surface area contributed by atoms with Crippen LogP contribution >= 0.6 is 0 Å². The second kappa shape index (κ2) is 8.37. The van der Waals surface area contributed by atoms with Crippen molar-refractivity contribution in [1.29, 1.82) is 0 Å². The van der Waals surface area contributed by atoms with E-state index in [0.29, 0.717) is 0 Å². The maximum atomic E-state index is 10.3. The molecule has 1 N–H and O–H groups in total. The van der Waals surface area contributed by atoms with Crippen LogP contribution in [0.1, 0.15) is 7.85 Å². The summed E-state index contributed by atoms with van der Waals surface area (Å²) in [5.74, 6) is 0. The zero-order valence-electron chi connectivity index (χ0n) is 8.03.